The zero-order chi connectivity index (χ0) is 25.1. The third-order valence-corrected chi connectivity index (χ3v) is 6.67. The van der Waals surface area contributed by atoms with Crippen LogP contribution < -0.4 is 4.74 Å². The molecule has 1 aliphatic rings. The van der Waals surface area contributed by atoms with Crippen molar-refractivity contribution < 1.29 is 23.5 Å². The van der Waals surface area contributed by atoms with E-state index in [1.54, 1.807) is 17.0 Å². The number of halogens is 1. The molecule has 2 aromatic heterocycles. The number of ether oxygens (including phenoxy) is 1. The number of hydrogen-bond acceptors (Lipinski definition) is 8. The maximum Gasteiger partial charge on any atom is 0.294 e. The number of fused-ring (bicyclic) bond motifs is 1. The van der Waals surface area contributed by atoms with Gasteiger partial charge in [0.25, 0.3) is 17.6 Å². The Hall–Kier alpha value is -3.44. The van der Waals surface area contributed by atoms with E-state index in [0.717, 1.165) is 29.9 Å². The number of ketones is 1. The maximum atomic E-state index is 13.5. The molecule has 1 aliphatic heterocycles. The molecule has 0 saturated carbocycles. The van der Waals surface area contributed by atoms with E-state index in [-0.39, 0.29) is 34.4 Å². The lowest BCUT2D eigenvalue weighted by atomic mass is 10.2. The molecule has 0 radical (unpaired) electrons. The maximum absolute atomic E-state index is 13.5. The third-order valence-electron chi connectivity index (χ3n) is 5.81. The van der Waals surface area contributed by atoms with Crippen molar-refractivity contribution in [2.45, 2.75) is 13.0 Å². The van der Waals surface area contributed by atoms with Crippen LogP contribution in [0.2, 0.25) is 0 Å². The number of carbonyl (C=O) groups is 3. The molecule has 2 amide bonds. The van der Waals surface area contributed by atoms with Gasteiger partial charge >= 0.3 is 0 Å². The van der Waals surface area contributed by atoms with Crippen molar-refractivity contribution >= 4 is 39.3 Å². The van der Waals surface area contributed by atoms with Gasteiger partial charge in [0.2, 0.25) is 5.88 Å². The first-order valence-electron chi connectivity index (χ1n) is 11.1. The molecular weight excluding hydrogens is 473 g/mol. The molecule has 1 fully saturated rings. The van der Waals surface area contributed by atoms with Gasteiger partial charge in [-0.3, -0.25) is 19.3 Å². The van der Waals surface area contributed by atoms with E-state index in [1.165, 1.54) is 43.6 Å². The van der Waals surface area contributed by atoms with Crippen LogP contribution in [0.4, 0.5) is 4.39 Å². The molecule has 0 aliphatic carbocycles. The molecule has 35 heavy (non-hydrogen) atoms. The van der Waals surface area contributed by atoms with Gasteiger partial charge in [0.05, 0.1) is 12.7 Å². The van der Waals surface area contributed by atoms with Crippen molar-refractivity contribution in [3.05, 3.63) is 52.3 Å². The first-order chi connectivity index (χ1) is 16.8. The monoisotopic (exact) mass is 499 g/mol. The second-order valence-corrected chi connectivity index (χ2v) is 9.32. The normalized spacial score (nSPS) is 14.6. The Morgan fingerprint density at radius 1 is 1.09 bits per heavy atom. The van der Waals surface area contributed by atoms with Crippen LogP contribution in [-0.4, -0.2) is 89.6 Å². The Kier molecular flexibility index (Phi) is 7.37. The smallest absolute Gasteiger partial charge is 0.294 e. The number of hydrogen-bond donors (Lipinski definition) is 0. The average molecular weight is 500 g/mol. The fraction of sp³-hybridized carbons (Fsp3) is 0.375. The zero-order valence-corrected chi connectivity index (χ0v) is 20.6. The Bertz CT molecular complexity index is 1260. The van der Waals surface area contributed by atoms with Crippen LogP contribution in [0.3, 0.4) is 0 Å². The van der Waals surface area contributed by atoms with E-state index in [1.807, 2.05) is 0 Å². The van der Waals surface area contributed by atoms with E-state index in [9.17, 15) is 18.8 Å². The number of likely N-dealkylation sites (N-methyl/N-ethyl adjacent to an activating group) is 1. The van der Waals surface area contributed by atoms with Gasteiger partial charge in [-0.05, 0) is 24.1 Å². The molecule has 4 rings (SSSR count). The van der Waals surface area contributed by atoms with Crippen LogP contribution in [0, 0.1) is 5.82 Å². The summed E-state index contributed by atoms with van der Waals surface area (Å²) < 4.78 is 18.5. The first kappa shape index (κ1) is 24.7. The van der Waals surface area contributed by atoms with Crippen LogP contribution in [0.25, 0.3) is 10.3 Å². The van der Waals surface area contributed by atoms with E-state index in [0.29, 0.717) is 31.0 Å². The quantitative estimate of drug-likeness (QED) is 0.380. The molecule has 0 atom stereocenters. The van der Waals surface area contributed by atoms with Gasteiger partial charge in [0.1, 0.15) is 16.2 Å². The number of thiophene rings is 1. The molecule has 9 nitrogen and oxygen atoms in total. The van der Waals surface area contributed by atoms with Crippen LogP contribution in [0.5, 0.6) is 5.88 Å². The van der Waals surface area contributed by atoms with Gasteiger partial charge in [-0.25, -0.2) is 9.37 Å². The number of nitrogens with zero attached hydrogens (tertiary/aromatic N) is 5. The molecule has 184 valence electrons. The second kappa shape index (κ2) is 10.4. The number of benzene rings is 1. The lowest BCUT2D eigenvalue weighted by Crippen LogP contribution is -2.36. The molecule has 0 bridgehead atoms. The minimum atomic E-state index is -0.703. The summed E-state index contributed by atoms with van der Waals surface area (Å²) in [6.07, 6.45) is 0.754. The van der Waals surface area contributed by atoms with Crippen LogP contribution in [-0.2, 0) is 11.3 Å². The number of amides is 2. The van der Waals surface area contributed by atoms with Crippen LogP contribution in [0.15, 0.2) is 29.6 Å². The molecule has 1 aromatic carbocycles. The molecule has 0 spiro atoms. The van der Waals surface area contributed by atoms with Gasteiger partial charge in [0.15, 0.2) is 5.69 Å². The first-order valence-corrected chi connectivity index (χ1v) is 12.0. The highest BCUT2D eigenvalue weighted by Gasteiger charge is 2.29. The van der Waals surface area contributed by atoms with Gasteiger partial charge in [-0.15, -0.1) is 11.3 Å². The van der Waals surface area contributed by atoms with Crippen molar-refractivity contribution in [1.82, 2.24) is 24.7 Å². The summed E-state index contributed by atoms with van der Waals surface area (Å²) in [5.41, 5.74) is 1.35. The number of Topliss-reactive ketones (excluding diaryl/α,β-unsaturated/α-hetero) is 1. The molecule has 0 unspecified atom stereocenters. The van der Waals surface area contributed by atoms with Crippen LogP contribution in [0.1, 0.15) is 32.8 Å². The molecule has 11 heteroatoms. The van der Waals surface area contributed by atoms with Gasteiger partial charge in [0, 0.05) is 52.2 Å². The van der Waals surface area contributed by atoms with E-state index in [2.05, 4.69) is 14.9 Å². The number of aromatic nitrogens is 2. The van der Waals surface area contributed by atoms with Crippen LogP contribution >= 0.6 is 11.3 Å². The summed E-state index contributed by atoms with van der Waals surface area (Å²) in [7, 11) is 4.41. The minimum Gasteiger partial charge on any atom is -0.479 e. The van der Waals surface area contributed by atoms with Crippen molar-refractivity contribution in [3.63, 3.8) is 0 Å². The van der Waals surface area contributed by atoms with Crippen molar-refractivity contribution in [1.29, 1.82) is 0 Å². The molecule has 0 N–H and O–H groups in total. The minimum absolute atomic E-state index is 0.0109. The van der Waals surface area contributed by atoms with Gasteiger partial charge in [-0.2, -0.15) is 4.98 Å². The summed E-state index contributed by atoms with van der Waals surface area (Å²) in [4.78, 5) is 52.7. The highest BCUT2D eigenvalue weighted by Crippen LogP contribution is 2.28. The van der Waals surface area contributed by atoms with E-state index in [4.69, 9.17) is 4.74 Å². The summed E-state index contributed by atoms with van der Waals surface area (Å²) in [6.45, 7) is 3.09. The van der Waals surface area contributed by atoms with Crippen molar-refractivity contribution in [2.75, 3.05) is 47.4 Å². The highest BCUT2D eigenvalue weighted by molar-refractivity contribution is 7.17. The summed E-state index contributed by atoms with van der Waals surface area (Å²) >= 11 is 1.16. The molecule has 3 heterocycles. The van der Waals surface area contributed by atoms with E-state index >= 15 is 0 Å². The Labute approximate surface area is 206 Å². The van der Waals surface area contributed by atoms with Crippen molar-refractivity contribution in [2.24, 2.45) is 0 Å². The molecule has 1 saturated heterocycles. The SMILES string of the molecule is COc1nc2scc(C(=O)C(=O)N(C)C)c2nc1C(=O)N1CCCN(Cc2ccc(F)cc2)CC1. The highest BCUT2D eigenvalue weighted by atomic mass is 32.1. The predicted molar refractivity (Wildman–Crippen MR) is 129 cm³/mol. The Morgan fingerprint density at radius 2 is 1.83 bits per heavy atom. The summed E-state index contributed by atoms with van der Waals surface area (Å²) in [5.74, 6) is -1.91. The van der Waals surface area contributed by atoms with Crippen molar-refractivity contribution in [3.8, 4) is 5.88 Å². The predicted octanol–water partition coefficient (Wildman–Crippen LogP) is 2.46. The number of rotatable bonds is 6. The Balaban J connectivity index is 1.55. The van der Waals surface area contributed by atoms with Gasteiger partial charge in [-0.1, -0.05) is 12.1 Å². The molecule has 3 aromatic rings. The van der Waals surface area contributed by atoms with Gasteiger partial charge < -0.3 is 14.5 Å². The Morgan fingerprint density at radius 3 is 2.51 bits per heavy atom. The fourth-order valence-corrected chi connectivity index (χ4v) is 4.78. The topological polar surface area (TPSA) is 95.9 Å². The van der Waals surface area contributed by atoms with E-state index < -0.39 is 11.7 Å². The third kappa shape index (κ3) is 5.30. The summed E-state index contributed by atoms with van der Waals surface area (Å²) in [6, 6.07) is 6.42. The second-order valence-electron chi connectivity index (χ2n) is 8.46. The largest absolute Gasteiger partial charge is 0.479 e. The lowest BCUT2D eigenvalue weighted by molar-refractivity contribution is -0.124. The average Bonchev–Trinajstić information content (AvgIpc) is 3.13. The fourth-order valence-electron chi connectivity index (χ4n) is 3.92. The number of methoxy groups -OCH3 is 1. The zero-order valence-electron chi connectivity index (χ0n) is 19.8. The molecular formula is C24H26FN5O4S. The standard InChI is InChI=1S/C24H26FN5O4S/c1-28(2)24(33)20(31)17-14-35-22-18(17)26-19(21(27-22)34-3)23(32)30-10-4-9-29(11-12-30)13-15-5-7-16(25)8-6-15/h5-8,14H,4,9-13H2,1-3H3. The lowest BCUT2D eigenvalue weighted by Gasteiger charge is -2.22. The summed E-state index contributed by atoms with van der Waals surface area (Å²) in [5, 5.41) is 1.53. The number of carbonyl (C=O) groups excluding carboxylic acids is 3.